The summed E-state index contributed by atoms with van der Waals surface area (Å²) in [5, 5.41) is 2.71. The summed E-state index contributed by atoms with van der Waals surface area (Å²) in [6, 6.07) is 15.4. The van der Waals surface area contributed by atoms with Gasteiger partial charge in [-0.05, 0) is 18.1 Å². The van der Waals surface area contributed by atoms with E-state index in [0.29, 0.717) is 11.1 Å². The fourth-order valence-corrected chi connectivity index (χ4v) is 8.23. The molecule has 0 amide bonds. The van der Waals surface area contributed by atoms with Crippen LogP contribution in [0.5, 0.6) is 0 Å². The van der Waals surface area contributed by atoms with E-state index in [4.69, 9.17) is 34.8 Å². The van der Waals surface area contributed by atoms with Crippen LogP contribution in [0.1, 0.15) is 21.5 Å². The van der Waals surface area contributed by atoms with Crippen molar-refractivity contribution in [1.29, 1.82) is 0 Å². The lowest BCUT2D eigenvalue weighted by Gasteiger charge is -2.44. The molecule has 0 aliphatic carbocycles. The van der Waals surface area contributed by atoms with E-state index in [-0.39, 0.29) is 11.5 Å². The fourth-order valence-electron chi connectivity index (χ4n) is 6.78. The minimum atomic E-state index is -7.22. The SMILES string of the molecule is C[S+](=O)(C#Cc1ccccc1)CC(=O)c1ccc(C(Cl)(Cl)Cl)cc1.Fc1c(F)c(F)c([B-](c2c(F)c(F)c(F)c(F)c2F)(c2c(F)c(F)c(F)c(F)c2F)c2c(F)c(F)c(F)c(F)c2F)c(F)c1F. The Morgan fingerprint density at radius 3 is 0.971 bits per heavy atom. The summed E-state index contributed by atoms with van der Waals surface area (Å²) >= 11 is 17.3. The van der Waals surface area contributed by atoms with Crippen LogP contribution < -0.4 is 21.9 Å². The Morgan fingerprint density at radius 2 is 0.710 bits per heavy atom. The van der Waals surface area contributed by atoms with Crippen LogP contribution in [0.2, 0.25) is 0 Å². The van der Waals surface area contributed by atoms with Crippen molar-refractivity contribution in [3.8, 4) is 11.2 Å². The van der Waals surface area contributed by atoms with Gasteiger partial charge in [0.15, 0.2) is 90.7 Å². The lowest BCUT2D eigenvalue weighted by Crippen LogP contribution is -2.81. The molecule has 0 fully saturated rings. The number of alkyl halides is 3. The van der Waals surface area contributed by atoms with Crippen LogP contribution in [-0.2, 0) is 17.9 Å². The highest BCUT2D eigenvalue weighted by Crippen LogP contribution is 2.38. The lowest BCUT2D eigenvalue weighted by molar-refractivity contribution is 0.102. The van der Waals surface area contributed by atoms with E-state index < -0.39 is 158 Å². The van der Waals surface area contributed by atoms with E-state index in [2.05, 4.69) is 11.2 Å². The van der Waals surface area contributed by atoms with Crippen molar-refractivity contribution < 1.29 is 96.8 Å². The molecule has 6 aromatic rings. The van der Waals surface area contributed by atoms with Gasteiger partial charge in [-0.15, -0.1) is 21.9 Å². The van der Waals surface area contributed by atoms with E-state index in [1.807, 2.05) is 30.3 Å². The van der Waals surface area contributed by atoms with Crippen LogP contribution in [0.3, 0.4) is 0 Å². The number of halogens is 23. The lowest BCUT2D eigenvalue weighted by atomic mass is 9.12. The van der Waals surface area contributed by atoms with Crippen LogP contribution in [0.15, 0.2) is 54.6 Å². The summed E-state index contributed by atoms with van der Waals surface area (Å²) in [5.74, 6) is -69.0. The average Bonchev–Trinajstić information content (AvgIpc) is 3.31. The Bertz CT molecular complexity index is 2820. The van der Waals surface area contributed by atoms with Crippen LogP contribution in [0.4, 0.5) is 87.8 Å². The molecular weight excluding hydrogens is 1070 g/mol. The molecule has 6 aromatic carbocycles. The van der Waals surface area contributed by atoms with Crippen LogP contribution in [0, 0.1) is 128 Å². The Balaban J connectivity index is 0.000000311. The minimum Gasteiger partial charge on any atom is -0.289 e. The summed E-state index contributed by atoms with van der Waals surface area (Å²) in [6.45, 7) is 0. The molecule has 0 aliphatic rings. The molecule has 1 unspecified atom stereocenters. The average molecular weight is 1080 g/mol. The molecule has 1 atom stereocenters. The summed E-state index contributed by atoms with van der Waals surface area (Å²) < 4.78 is 305. The van der Waals surface area contributed by atoms with Crippen molar-refractivity contribution in [3.63, 3.8) is 0 Å². The predicted octanol–water partition coefficient (Wildman–Crippen LogP) is 10.7. The molecule has 27 heteroatoms. The third kappa shape index (κ3) is 9.62. The predicted molar refractivity (Wildman–Crippen MR) is 211 cm³/mol. The maximum Gasteiger partial charge on any atom is 0.216 e. The van der Waals surface area contributed by atoms with Gasteiger partial charge in [0.2, 0.25) is 9.58 Å². The number of benzene rings is 6. The van der Waals surface area contributed by atoms with E-state index in [1.54, 1.807) is 24.3 Å². The van der Waals surface area contributed by atoms with Crippen molar-refractivity contribution in [2.24, 2.45) is 0 Å². The first kappa shape index (κ1) is 54.2. The maximum absolute atomic E-state index is 15.4. The highest BCUT2D eigenvalue weighted by atomic mass is 35.6. The molecule has 0 saturated carbocycles. The summed E-state index contributed by atoms with van der Waals surface area (Å²) in [4.78, 5) is 12.3. The molecule has 6 rings (SSSR count). The second-order valence-corrected chi connectivity index (χ2v) is 18.8. The quantitative estimate of drug-likeness (QED) is 0.0233. The van der Waals surface area contributed by atoms with Gasteiger partial charge in [0.25, 0.3) is 0 Å². The minimum absolute atomic E-state index is 0.153. The van der Waals surface area contributed by atoms with Gasteiger partial charge in [-0.3, -0.25) is 4.79 Å². The topological polar surface area (TPSA) is 34.1 Å². The van der Waals surface area contributed by atoms with Crippen molar-refractivity contribution in [2.45, 2.75) is 3.79 Å². The smallest absolute Gasteiger partial charge is 0.216 e. The van der Waals surface area contributed by atoms with E-state index in [0.717, 1.165) is 5.56 Å². The third-order valence-corrected chi connectivity index (χ3v) is 11.8. The number of hydrogen-bond acceptors (Lipinski definition) is 2. The van der Waals surface area contributed by atoms with E-state index in [9.17, 15) is 61.7 Å². The molecule has 364 valence electrons. The number of hydrogen-bond donors (Lipinski definition) is 0. The van der Waals surface area contributed by atoms with Gasteiger partial charge in [0, 0.05) is 16.7 Å². The Hall–Kier alpha value is -5.77. The van der Waals surface area contributed by atoms with Gasteiger partial charge >= 0.3 is 0 Å². The largest absolute Gasteiger partial charge is 0.289 e. The zero-order chi connectivity index (χ0) is 52.2. The van der Waals surface area contributed by atoms with Crippen molar-refractivity contribution in [2.75, 3.05) is 12.0 Å². The highest BCUT2D eigenvalue weighted by Gasteiger charge is 2.52. The van der Waals surface area contributed by atoms with E-state index >= 15 is 35.1 Å². The van der Waals surface area contributed by atoms with Crippen LogP contribution in [-0.4, -0.2) is 23.9 Å². The van der Waals surface area contributed by atoms with Crippen LogP contribution >= 0.6 is 34.8 Å². The first-order valence-electron chi connectivity index (χ1n) is 17.9. The second-order valence-electron chi connectivity index (χ2n) is 14.0. The molecule has 0 saturated heterocycles. The molecule has 69 heavy (non-hydrogen) atoms. The number of rotatable bonds is 7. The fraction of sp³-hybridized carbons (Fsp3) is 0.0714. The van der Waals surface area contributed by atoms with E-state index in [1.165, 1.54) is 6.26 Å². The summed E-state index contributed by atoms with van der Waals surface area (Å²) in [7, 11) is -2.60. The number of carbonyl (C=O) groups excluding carboxylic acids is 1. The molecule has 0 radical (unpaired) electrons. The summed E-state index contributed by atoms with van der Waals surface area (Å²) in [5.41, 5.74) is -12.7. The van der Waals surface area contributed by atoms with Crippen LogP contribution in [0.25, 0.3) is 0 Å². The first-order chi connectivity index (χ1) is 31.9. The molecule has 0 aliphatic heterocycles. The molecule has 0 aromatic heterocycles. The Kier molecular flexibility index (Phi) is 15.6. The molecule has 0 spiro atoms. The molecule has 2 nitrogen and oxygen atoms in total. The molecule has 0 heterocycles. The zero-order valence-corrected chi connectivity index (χ0v) is 36.0. The zero-order valence-electron chi connectivity index (χ0n) is 32.9. The van der Waals surface area contributed by atoms with Crippen molar-refractivity contribution in [3.05, 3.63) is 188 Å². The molecule has 0 bridgehead atoms. The van der Waals surface area contributed by atoms with Gasteiger partial charge in [0.05, 0.1) is 0 Å². The molecular formula is C42H14BCl3F20O2S. The normalized spacial score (nSPS) is 12.5. The highest BCUT2D eigenvalue weighted by molar-refractivity contribution is 8.07. The Morgan fingerprint density at radius 1 is 0.449 bits per heavy atom. The van der Waals surface area contributed by atoms with Gasteiger partial charge in [-0.2, -0.15) is 0 Å². The van der Waals surface area contributed by atoms with Crippen molar-refractivity contribution >= 4 is 78.5 Å². The second kappa shape index (κ2) is 19.9. The number of ketones is 1. The van der Waals surface area contributed by atoms with Gasteiger partial charge in [-0.1, -0.05) is 81.5 Å². The molecule has 0 N–H and O–H groups in total. The van der Waals surface area contributed by atoms with Crippen molar-refractivity contribution in [1.82, 2.24) is 0 Å². The van der Waals surface area contributed by atoms with Gasteiger partial charge in [0.1, 0.15) is 58.9 Å². The third-order valence-electron chi connectivity index (χ3n) is 9.83. The van der Waals surface area contributed by atoms with Gasteiger partial charge in [-0.25, -0.2) is 87.8 Å². The maximum atomic E-state index is 15.4. The Labute approximate surface area is 388 Å². The monoisotopic (exact) mass is 1080 g/mol. The van der Waals surface area contributed by atoms with Gasteiger partial charge < -0.3 is 0 Å². The standard InChI is InChI=1S/C24BF20.C18H14Cl3O2S/c26-5-1(6(27)14(35)21(42)13(5)34)25(2-7(28)15(36)22(43)16(37)8(2)29,3-9(30)17(38)23(44)18(39)10(3)31)4-11(32)19(40)24(45)20(41)12(4)33;1-24(23,12-11-14-5-3-2-4-6-14)13-17(22)15-7-9-16(10-8-15)18(19,20)21/h;2-10H,13H2,1H3/q-1;+1. The first-order valence-corrected chi connectivity index (χ1v) is 21.1. The number of carbonyl (C=O) groups is 1. The summed E-state index contributed by atoms with van der Waals surface area (Å²) in [6.07, 6.45) is -5.73. The number of Topliss-reactive ketones (excluding diaryl/α,β-unsaturated/α-hetero) is 1.